The third-order valence-corrected chi connectivity index (χ3v) is 5.29. The molecule has 0 saturated heterocycles. The number of nitrogens with one attached hydrogen (secondary N) is 1. The van der Waals surface area contributed by atoms with E-state index in [-0.39, 0.29) is 18.9 Å². The highest BCUT2D eigenvalue weighted by Crippen LogP contribution is 2.35. The molecule has 0 spiro atoms. The number of carbonyl (C=O) groups is 1. The summed E-state index contributed by atoms with van der Waals surface area (Å²) in [6.45, 7) is 0.281. The van der Waals surface area contributed by atoms with Gasteiger partial charge in [-0.3, -0.25) is 9.36 Å². The second-order valence-electron chi connectivity index (χ2n) is 6.90. The van der Waals surface area contributed by atoms with Gasteiger partial charge in [0.2, 0.25) is 5.91 Å². The number of amides is 1. The van der Waals surface area contributed by atoms with Gasteiger partial charge in [-0.1, -0.05) is 36.4 Å². The molecule has 0 unspecified atom stereocenters. The molecule has 0 radical (unpaired) electrons. The molecule has 1 heterocycles. The van der Waals surface area contributed by atoms with E-state index in [2.05, 4.69) is 23.5 Å². The van der Waals surface area contributed by atoms with Crippen molar-refractivity contribution in [2.75, 3.05) is 5.32 Å². The third-order valence-electron chi connectivity index (χ3n) is 5.29. The number of hydrogen-bond donors (Lipinski definition) is 1. The minimum absolute atomic E-state index is 0.120. The second-order valence-corrected chi connectivity index (χ2v) is 6.90. The minimum atomic E-state index is -0.436. The van der Waals surface area contributed by atoms with Crippen molar-refractivity contribution in [3.63, 3.8) is 0 Å². The summed E-state index contributed by atoms with van der Waals surface area (Å²) in [6.07, 6.45) is 2.31. The van der Waals surface area contributed by atoms with Crippen molar-refractivity contribution < 1.29 is 9.21 Å². The molecule has 0 fully saturated rings. The van der Waals surface area contributed by atoms with Crippen molar-refractivity contribution in [2.24, 2.45) is 0 Å². The topological polar surface area (TPSA) is 64.2 Å². The van der Waals surface area contributed by atoms with Crippen molar-refractivity contribution >= 4 is 33.5 Å². The van der Waals surface area contributed by atoms with Gasteiger partial charge in [0, 0.05) is 24.0 Å². The van der Waals surface area contributed by atoms with Crippen LogP contribution in [-0.2, 0) is 24.2 Å². The van der Waals surface area contributed by atoms with Crippen molar-refractivity contribution in [1.82, 2.24) is 4.57 Å². The summed E-state index contributed by atoms with van der Waals surface area (Å²) < 4.78 is 6.72. The van der Waals surface area contributed by atoms with E-state index in [1.807, 2.05) is 30.3 Å². The molecular formula is C22H18N2O3. The number of fused-ring (bicyclic) bond motifs is 1. The Morgan fingerprint density at radius 2 is 1.81 bits per heavy atom. The van der Waals surface area contributed by atoms with Gasteiger partial charge in [0.15, 0.2) is 5.58 Å². The van der Waals surface area contributed by atoms with Crippen molar-refractivity contribution in [3.8, 4) is 0 Å². The number of carbonyl (C=O) groups excluding carboxylic acids is 1. The maximum Gasteiger partial charge on any atom is 0.419 e. The van der Waals surface area contributed by atoms with Gasteiger partial charge in [-0.25, -0.2) is 4.79 Å². The number of oxazole rings is 1. The zero-order valence-electron chi connectivity index (χ0n) is 14.7. The molecule has 27 heavy (non-hydrogen) atoms. The van der Waals surface area contributed by atoms with Gasteiger partial charge < -0.3 is 9.73 Å². The van der Waals surface area contributed by atoms with Crippen LogP contribution in [0, 0.1) is 0 Å². The molecule has 1 aliphatic carbocycles. The number of nitrogens with zero attached hydrogens (tertiary/aromatic N) is 1. The van der Waals surface area contributed by atoms with E-state index in [4.69, 9.17) is 4.42 Å². The number of aromatic nitrogens is 1. The highest BCUT2D eigenvalue weighted by molar-refractivity contribution is 6.05. The van der Waals surface area contributed by atoms with Crippen LogP contribution < -0.4 is 11.1 Å². The lowest BCUT2D eigenvalue weighted by atomic mass is 10.0. The maximum absolute atomic E-state index is 12.5. The van der Waals surface area contributed by atoms with Crippen LogP contribution in [-0.4, -0.2) is 10.5 Å². The Hall–Kier alpha value is -3.34. The maximum atomic E-state index is 12.5. The second kappa shape index (κ2) is 6.13. The van der Waals surface area contributed by atoms with Gasteiger partial charge in [0.25, 0.3) is 0 Å². The smallest absolute Gasteiger partial charge is 0.408 e. The molecule has 5 rings (SSSR count). The average Bonchev–Trinajstić information content (AvgIpc) is 3.24. The monoisotopic (exact) mass is 358 g/mol. The van der Waals surface area contributed by atoms with E-state index in [0.29, 0.717) is 11.1 Å². The molecule has 1 aromatic heterocycles. The molecule has 1 N–H and O–H groups in total. The fourth-order valence-electron chi connectivity index (χ4n) is 4.01. The van der Waals surface area contributed by atoms with Crippen LogP contribution >= 0.6 is 0 Å². The van der Waals surface area contributed by atoms with E-state index in [9.17, 15) is 9.59 Å². The molecule has 1 amide bonds. The van der Waals surface area contributed by atoms with E-state index >= 15 is 0 Å². The van der Waals surface area contributed by atoms with E-state index in [0.717, 1.165) is 23.9 Å². The number of hydrogen-bond acceptors (Lipinski definition) is 3. The lowest BCUT2D eigenvalue weighted by molar-refractivity contribution is -0.116. The van der Waals surface area contributed by atoms with E-state index in [1.54, 1.807) is 6.07 Å². The zero-order valence-corrected chi connectivity index (χ0v) is 14.7. The molecule has 0 atom stereocenters. The minimum Gasteiger partial charge on any atom is -0.408 e. The first-order valence-electron chi connectivity index (χ1n) is 9.12. The zero-order chi connectivity index (χ0) is 18.4. The average molecular weight is 358 g/mol. The molecular weight excluding hydrogens is 340 g/mol. The highest BCUT2D eigenvalue weighted by Gasteiger charge is 2.17. The third kappa shape index (κ3) is 2.63. The Balaban J connectivity index is 1.38. The fraction of sp³-hybridized carbons (Fsp3) is 0.182. The van der Waals surface area contributed by atoms with Crippen LogP contribution in [0.15, 0.2) is 63.8 Å². The molecule has 0 bridgehead atoms. The van der Waals surface area contributed by atoms with Gasteiger partial charge in [-0.15, -0.1) is 0 Å². The summed E-state index contributed by atoms with van der Waals surface area (Å²) in [5, 5.41) is 5.37. The summed E-state index contributed by atoms with van der Waals surface area (Å²) in [6, 6.07) is 17.6. The van der Waals surface area contributed by atoms with Gasteiger partial charge in [0.05, 0.1) is 5.52 Å². The first-order chi connectivity index (χ1) is 13.2. The van der Waals surface area contributed by atoms with Crippen LogP contribution in [0.5, 0.6) is 0 Å². The Kier molecular flexibility index (Phi) is 3.60. The summed E-state index contributed by atoms with van der Waals surface area (Å²) in [5.41, 5.74) is 4.76. The number of anilines is 1. The number of benzene rings is 3. The Bertz CT molecular complexity index is 1240. The van der Waals surface area contributed by atoms with Crippen molar-refractivity contribution in [1.29, 1.82) is 0 Å². The molecule has 0 saturated carbocycles. The fourth-order valence-corrected chi connectivity index (χ4v) is 4.01. The summed E-state index contributed by atoms with van der Waals surface area (Å²) >= 11 is 0. The van der Waals surface area contributed by atoms with E-state index in [1.165, 1.54) is 21.1 Å². The van der Waals surface area contributed by atoms with Crippen molar-refractivity contribution in [3.05, 3.63) is 76.3 Å². The largest absolute Gasteiger partial charge is 0.419 e. The molecule has 0 aliphatic heterocycles. The van der Waals surface area contributed by atoms with Crippen LogP contribution in [0.2, 0.25) is 0 Å². The quantitative estimate of drug-likeness (QED) is 0.602. The standard InChI is InChI=1S/C22H18N2O3/c25-20(12-13-24-18-6-1-2-7-19(18)27-22(24)26)23-17-11-10-15-9-8-14-4-3-5-16(17)21(14)15/h1-7,10-11H,8-9,12-13H2,(H,23,25). The van der Waals surface area contributed by atoms with Crippen LogP contribution in [0.3, 0.4) is 0 Å². The molecule has 1 aliphatic rings. The Morgan fingerprint density at radius 3 is 2.70 bits per heavy atom. The Morgan fingerprint density at radius 1 is 1.00 bits per heavy atom. The summed E-state index contributed by atoms with van der Waals surface area (Å²) in [4.78, 5) is 24.6. The van der Waals surface area contributed by atoms with E-state index < -0.39 is 5.76 Å². The van der Waals surface area contributed by atoms with Crippen LogP contribution in [0.1, 0.15) is 17.5 Å². The van der Waals surface area contributed by atoms with Crippen molar-refractivity contribution in [2.45, 2.75) is 25.8 Å². The lowest BCUT2D eigenvalue weighted by Crippen LogP contribution is -2.20. The molecule has 3 aromatic carbocycles. The summed E-state index contributed by atoms with van der Waals surface area (Å²) in [5.74, 6) is -0.555. The Labute approximate surface area is 155 Å². The first kappa shape index (κ1) is 15.9. The predicted molar refractivity (Wildman–Crippen MR) is 105 cm³/mol. The number of para-hydroxylation sites is 2. The van der Waals surface area contributed by atoms with Gasteiger partial charge in [0.1, 0.15) is 0 Å². The molecule has 5 heteroatoms. The van der Waals surface area contributed by atoms with Crippen LogP contribution in [0.25, 0.3) is 21.9 Å². The van der Waals surface area contributed by atoms with Gasteiger partial charge in [-0.05, 0) is 47.6 Å². The van der Waals surface area contributed by atoms with Gasteiger partial charge >= 0.3 is 5.76 Å². The number of aryl methyl sites for hydroxylation is 3. The lowest BCUT2D eigenvalue weighted by Gasteiger charge is -2.11. The number of rotatable bonds is 4. The molecule has 4 aromatic rings. The highest BCUT2D eigenvalue weighted by atomic mass is 16.4. The summed E-state index contributed by atoms with van der Waals surface area (Å²) in [7, 11) is 0. The van der Waals surface area contributed by atoms with Gasteiger partial charge in [-0.2, -0.15) is 0 Å². The molecule has 5 nitrogen and oxygen atoms in total. The first-order valence-corrected chi connectivity index (χ1v) is 9.12. The molecule has 134 valence electrons. The predicted octanol–water partition coefficient (Wildman–Crippen LogP) is 3.88. The van der Waals surface area contributed by atoms with Crippen LogP contribution in [0.4, 0.5) is 5.69 Å². The normalized spacial score (nSPS) is 12.7. The SMILES string of the molecule is O=C(CCn1c(=O)oc2ccccc21)Nc1ccc2c3c(cccc13)CC2.